The third-order valence-electron chi connectivity index (χ3n) is 3.90. The molecule has 20 heavy (non-hydrogen) atoms. The smallest absolute Gasteiger partial charge is 0.0494 e. The molecule has 0 saturated heterocycles. The van der Waals surface area contributed by atoms with E-state index in [0.29, 0.717) is 6.04 Å². The van der Waals surface area contributed by atoms with Crippen LogP contribution in [0.15, 0.2) is 46.0 Å². The number of rotatable bonds is 5. The number of hydrogen-bond acceptors (Lipinski definition) is 3. The van der Waals surface area contributed by atoms with E-state index in [-0.39, 0.29) is 0 Å². The summed E-state index contributed by atoms with van der Waals surface area (Å²) >= 11 is 3.82. The second-order valence-electron chi connectivity index (χ2n) is 5.44. The van der Waals surface area contributed by atoms with Gasteiger partial charge in [0.15, 0.2) is 0 Å². The highest BCUT2D eigenvalue weighted by Crippen LogP contribution is 2.38. The van der Waals surface area contributed by atoms with Gasteiger partial charge in [0.05, 0.1) is 0 Å². The number of para-hydroxylation sites is 1. The number of benzene rings is 1. The lowest BCUT2D eigenvalue weighted by atomic mass is 10.1. The molecule has 1 fully saturated rings. The van der Waals surface area contributed by atoms with Crippen molar-refractivity contribution in [3.8, 4) is 0 Å². The minimum absolute atomic E-state index is 0.367. The van der Waals surface area contributed by atoms with Crippen LogP contribution in [0.3, 0.4) is 0 Å². The van der Waals surface area contributed by atoms with Crippen molar-refractivity contribution in [2.45, 2.75) is 48.8 Å². The van der Waals surface area contributed by atoms with Gasteiger partial charge in [0, 0.05) is 21.9 Å². The molecule has 3 heteroatoms. The number of hydrogen-bond donors (Lipinski definition) is 1. The van der Waals surface area contributed by atoms with Crippen molar-refractivity contribution in [1.29, 1.82) is 0 Å². The number of thioether (sulfide) groups is 1. The molecule has 1 unspecified atom stereocenters. The van der Waals surface area contributed by atoms with Crippen LogP contribution in [0.5, 0.6) is 0 Å². The highest BCUT2D eigenvalue weighted by Gasteiger charge is 2.18. The van der Waals surface area contributed by atoms with E-state index in [1.807, 2.05) is 0 Å². The topological polar surface area (TPSA) is 12.0 Å². The van der Waals surface area contributed by atoms with Crippen molar-refractivity contribution >= 4 is 28.8 Å². The van der Waals surface area contributed by atoms with Crippen molar-refractivity contribution in [3.63, 3.8) is 0 Å². The van der Waals surface area contributed by atoms with Crippen LogP contribution in [0.4, 0.5) is 5.69 Å². The summed E-state index contributed by atoms with van der Waals surface area (Å²) in [4.78, 5) is 1.40. The summed E-state index contributed by atoms with van der Waals surface area (Å²) < 4.78 is 0. The molecular weight excluding hydrogens is 282 g/mol. The standard InChI is InChI=1S/C17H21NS2/c1-13(14-10-11-19-12-14)18-16-8-4-5-9-17(16)20-15-6-2-3-7-15/h4-5,8-13,15,18H,2-3,6-7H2,1H3. The lowest BCUT2D eigenvalue weighted by molar-refractivity contribution is 0.881. The van der Waals surface area contributed by atoms with Gasteiger partial charge in [-0.2, -0.15) is 11.3 Å². The van der Waals surface area contributed by atoms with Crippen LogP contribution in [0.2, 0.25) is 0 Å². The molecule has 0 radical (unpaired) electrons. The first-order chi connectivity index (χ1) is 9.83. The van der Waals surface area contributed by atoms with Gasteiger partial charge in [-0.15, -0.1) is 11.8 Å². The molecule has 1 saturated carbocycles. The van der Waals surface area contributed by atoms with Crippen molar-refractivity contribution < 1.29 is 0 Å². The van der Waals surface area contributed by atoms with E-state index in [2.05, 4.69) is 65.1 Å². The molecule has 106 valence electrons. The fourth-order valence-corrected chi connectivity index (χ4v) is 4.81. The minimum Gasteiger partial charge on any atom is -0.378 e. The zero-order chi connectivity index (χ0) is 13.8. The molecule has 1 N–H and O–H groups in total. The zero-order valence-corrected chi connectivity index (χ0v) is 13.5. The first-order valence-corrected chi connectivity index (χ1v) is 9.19. The van der Waals surface area contributed by atoms with Crippen molar-refractivity contribution in [2.24, 2.45) is 0 Å². The number of thiophene rings is 1. The van der Waals surface area contributed by atoms with Crippen LogP contribution in [0.25, 0.3) is 0 Å². The largest absolute Gasteiger partial charge is 0.378 e. The van der Waals surface area contributed by atoms with Crippen LogP contribution >= 0.6 is 23.1 Å². The Morgan fingerprint density at radius 2 is 2.00 bits per heavy atom. The zero-order valence-electron chi connectivity index (χ0n) is 11.8. The average molecular weight is 303 g/mol. The highest BCUT2D eigenvalue weighted by atomic mass is 32.2. The second kappa shape index (κ2) is 6.68. The Morgan fingerprint density at radius 1 is 1.20 bits per heavy atom. The Hall–Kier alpha value is -0.930. The molecule has 1 atom stereocenters. The Kier molecular flexibility index (Phi) is 4.69. The Labute approximate surface area is 129 Å². The van der Waals surface area contributed by atoms with Gasteiger partial charge < -0.3 is 5.32 Å². The quantitative estimate of drug-likeness (QED) is 0.732. The molecule has 1 aliphatic rings. The lowest BCUT2D eigenvalue weighted by Crippen LogP contribution is -2.07. The lowest BCUT2D eigenvalue weighted by Gasteiger charge is -2.18. The summed E-state index contributed by atoms with van der Waals surface area (Å²) in [5.74, 6) is 0. The summed E-state index contributed by atoms with van der Waals surface area (Å²) in [7, 11) is 0. The van der Waals surface area contributed by atoms with Crippen LogP contribution in [-0.4, -0.2) is 5.25 Å². The van der Waals surface area contributed by atoms with Crippen molar-refractivity contribution in [1.82, 2.24) is 0 Å². The maximum absolute atomic E-state index is 3.67. The Balaban J connectivity index is 1.72. The van der Waals surface area contributed by atoms with Gasteiger partial charge in [0.25, 0.3) is 0 Å². The molecular formula is C17H21NS2. The van der Waals surface area contributed by atoms with Gasteiger partial charge in [0.2, 0.25) is 0 Å². The average Bonchev–Trinajstić information content (AvgIpc) is 3.13. The SMILES string of the molecule is CC(Nc1ccccc1SC1CCCC1)c1ccsc1. The van der Waals surface area contributed by atoms with E-state index >= 15 is 0 Å². The van der Waals surface area contributed by atoms with E-state index in [4.69, 9.17) is 0 Å². The molecule has 3 rings (SSSR count). The van der Waals surface area contributed by atoms with Crippen LogP contribution in [0.1, 0.15) is 44.2 Å². The van der Waals surface area contributed by atoms with Gasteiger partial charge in [-0.3, -0.25) is 0 Å². The first kappa shape index (κ1) is 14.0. The van der Waals surface area contributed by atoms with Gasteiger partial charge in [-0.1, -0.05) is 25.0 Å². The van der Waals surface area contributed by atoms with Crippen LogP contribution in [-0.2, 0) is 0 Å². The van der Waals surface area contributed by atoms with E-state index in [1.54, 1.807) is 11.3 Å². The van der Waals surface area contributed by atoms with Gasteiger partial charge in [-0.05, 0) is 54.3 Å². The fraction of sp³-hybridized carbons (Fsp3) is 0.412. The second-order valence-corrected chi connectivity index (χ2v) is 7.57. The van der Waals surface area contributed by atoms with Gasteiger partial charge in [-0.25, -0.2) is 0 Å². The van der Waals surface area contributed by atoms with Crippen LogP contribution < -0.4 is 5.32 Å². The molecule has 2 aromatic rings. The molecule has 1 aromatic heterocycles. The molecule has 0 spiro atoms. The van der Waals surface area contributed by atoms with E-state index in [1.165, 1.54) is 41.8 Å². The molecule has 0 bridgehead atoms. The van der Waals surface area contributed by atoms with E-state index in [0.717, 1.165) is 5.25 Å². The van der Waals surface area contributed by atoms with E-state index < -0.39 is 0 Å². The fourth-order valence-electron chi connectivity index (χ4n) is 2.71. The summed E-state index contributed by atoms with van der Waals surface area (Å²) in [5.41, 5.74) is 2.65. The summed E-state index contributed by atoms with van der Waals surface area (Å²) in [6.45, 7) is 2.24. The third-order valence-corrected chi connectivity index (χ3v) is 6.01. The predicted octanol–water partition coefficient (Wildman–Crippen LogP) is 5.96. The predicted molar refractivity (Wildman–Crippen MR) is 90.9 cm³/mol. The summed E-state index contributed by atoms with van der Waals surface area (Å²) in [6, 6.07) is 11.3. The van der Waals surface area contributed by atoms with Crippen molar-refractivity contribution in [3.05, 3.63) is 46.7 Å². The molecule has 0 aliphatic heterocycles. The molecule has 1 nitrogen and oxygen atoms in total. The first-order valence-electron chi connectivity index (χ1n) is 7.37. The van der Waals surface area contributed by atoms with Crippen LogP contribution in [0, 0.1) is 0 Å². The monoisotopic (exact) mass is 303 g/mol. The Bertz CT molecular complexity index is 530. The summed E-state index contributed by atoms with van der Waals surface area (Å²) in [6.07, 6.45) is 5.55. The molecule has 0 amide bonds. The molecule has 1 aliphatic carbocycles. The number of anilines is 1. The van der Waals surface area contributed by atoms with Gasteiger partial charge >= 0.3 is 0 Å². The minimum atomic E-state index is 0.367. The maximum atomic E-state index is 3.67. The summed E-state index contributed by atoms with van der Waals surface area (Å²) in [5, 5.41) is 8.86. The molecule has 1 aromatic carbocycles. The normalized spacial score (nSPS) is 17.2. The third kappa shape index (κ3) is 3.39. The van der Waals surface area contributed by atoms with Crippen molar-refractivity contribution in [2.75, 3.05) is 5.32 Å². The number of nitrogens with one attached hydrogen (secondary N) is 1. The Morgan fingerprint density at radius 3 is 2.75 bits per heavy atom. The molecule has 1 heterocycles. The highest BCUT2D eigenvalue weighted by molar-refractivity contribution is 8.00. The maximum Gasteiger partial charge on any atom is 0.0494 e. The van der Waals surface area contributed by atoms with Gasteiger partial charge in [0.1, 0.15) is 0 Å². The van der Waals surface area contributed by atoms with E-state index in [9.17, 15) is 0 Å².